The Labute approximate surface area is 141 Å². The number of rotatable bonds is 4. The zero-order valence-electron chi connectivity index (χ0n) is 12.7. The number of nitrogens with zero attached hydrogens (tertiary/aromatic N) is 4. The van der Waals surface area contributed by atoms with E-state index in [-0.39, 0.29) is 12.4 Å². The van der Waals surface area contributed by atoms with Gasteiger partial charge in [0.2, 0.25) is 0 Å². The van der Waals surface area contributed by atoms with Crippen molar-refractivity contribution in [1.82, 2.24) is 14.5 Å². The fourth-order valence-corrected chi connectivity index (χ4v) is 3.22. The van der Waals surface area contributed by atoms with Crippen molar-refractivity contribution in [2.45, 2.75) is 30.2 Å². The normalized spacial score (nSPS) is 30.5. The summed E-state index contributed by atoms with van der Waals surface area (Å²) in [6.45, 7) is 1.23. The van der Waals surface area contributed by atoms with Crippen molar-refractivity contribution < 1.29 is 20.2 Å². The maximum Gasteiger partial charge on any atom is 0.163 e. The minimum Gasteiger partial charge on any atom is -0.394 e. The molecule has 0 saturated carbocycles. The van der Waals surface area contributed by atoms with Crippen LogP contribution in [0.25, 0.3) is 11.0 Å². The van der Waals surface area contributed by atoms with E-state index < -0.39 is 23.3 Å². The number of ether oxygens (including phenoxy) is 1. The van der Waals surface area contributed by atoms with Gasteiger partial charge in [-0.05, 0) is 6.92 Å². The summed E-state index contributed by atoms with van der Waals surface area (Å²) in [5.74, 6) is 5.39. The minimum absolute atomic E-state index is 0.155. The van der Waals surface area contributed by atoms with E-state index in [9.17, 15) is 15.4 Å². The zero-order chi connectivity index (χ0) is 17.5. The quantitative estimate of drug-likeness (QED) is 0.218. The molecule has 4 atom stereocenters. The Morgan fingerprint density at radius 1 is 1.58 bits per heavy atom. The lowest BCUT2D eigenvalue weighted by atomic mass is 10.0. The van der Waals surface area contributed by atoms with Crippen LogP contribution < -0.4 is 11.3 Å². The smallest absolute Gasteiger partial charge is 0.163 e. The summed E-state index contributed by atoms with van der Waals surface area (Å²) in [4.78, 5) is 6.92. The van der Waals surface area contributed by atoms with Gasteiger partial charge in [-0.15, -0.1) is 11.6 Å². The second-order valence-corrected chi connectivity index (χ2v) is 6.42. The molecule has 10 nitrogen and oxygen atoms in total. The largest absolute Gasteiger partial charge is 0.394 e. The van der Waals surface area contributed by atoms with Gasteiger partial charge in [-0.3, -0.25) is 10.7 Å². The van der Waals surface area contributed by atoms with Crippen LogP contribution in [0.1, 0.15) is 18.7 Å². The average Bonchev–Trinajstić information content (AvgIpc) is 3.04. The summed E-state index contributed by atoms with van der Waals surface area (Å²) >= 11 is 6.48. The summed E-state index contributed by atoms with van der Waals surface area (Å²) in [5, 5.41) is 32.8. The Hall–Kier alpha value is -1.98. The Kier molecular flexibility index (Phi) is 4.32. The number of hydrazone groups is 1. The molecule has 11 heteroatoms. The van der Waals surface area contributed by atoms with Gasteiger partial charge in [0.05, 0.1) is 18.2 Å². The van der Waals surface area contributed by atoms with E-state index >= 15 is 0 Å². The molecule has 1 saturated heterocycles. The summed E-state index contributed by atoms with van der Waals surface area (Å²) in [6, 6.07) is 0. The number of nitrogens with two attached hydrogens (primary N) is 1. The molecular weight excluding hydrogens is 340 g/mol. The number of aliphatic hydroxyl groups is 2. The molecule has 24 heavy (non-hydrogen) atoms. The number of anilines is 1. The van der Waals surface area contributed by atoms with E-state index in [2.05, 4.69) is 15.1 Å². The first-order valence-electron chi connectivity index (χ1n) is 7.07. The van der Waals surface area contributed by atoms with Gasteiger partial charge < -0.3 is 25.4 Å². The standard InChI is InChI=1S/C13H17ClN6O4/c1-13(14)9(22)7(4-21)24-12(13)20-3-6(2-18-15)8-10(19-23)16-5-17-11(8)20/h2-3,5,7,9,12,21-23H,4,15H2,1H3,(H,16,17,19)/b18-2+/t7?,9?,12-,13-/m1/s1. The fraction of sp³-hybridized carbons (Fsp3) is 0.462. The lowest BCUT2D eigenvalue weighted by Crippen LogP contribution is -2.39. The third-order valence-corrected chi connectivity index (χ3v) is 4.52. The molecule has 3 heterocycles. The number of hydrogen-bond acceptors (Lipinski definition) is 9. The van der Waals surface area contributed by atoms with Gasteiger partial charge in [0.1, 0.15) is 29.1 Å². The molecule has 0 bridgehead atoms. The zero-order valence-corrected chi connectivity index (χ0v) is 13.4. The van der Waals surface area contributed by atoms with Crippen LogP contribution in [0.5, 0.6) is 0 Å². The van der Waals surface area contributed by atoms with Gasteiger partial charge in [-0.2, -0.15) is 5.10 Å². The van der Waals surface area contributed by atoms with Crippen LogP contribution in [0.4, 0.5) is 5.82 Å². The Morgan fingerprint density at radius 2 is 2.33 bits per heavy atom. The van der Waals surface area contributed by atoms with Crippen molar-refractivity contribution in [2.75, 3.05) is 12.1 Å². The van der Waals surface area contributed by atoms with Crippen molar-refractivity contribution in [1.29, 1.82) is 0 Å². The summed E-state index contributed by atoms with van der Waals surface area (Å²) < 4.78 is 7.29. The van der Waals surface area contributed by atoms with Crippen molar-refractivity contribution in [3.05, 3.63) is 18.1 Å². The number of hydrogen-bond donors (Lipinski definition) is 5. The van der Waals surface area contributed by atoms with Crippen LogP contribution in [-0.4, -0.2) is 59.9 Å². The highest BCUT2D eigenvalue weighted by Gasteiger charge is 2.53. The summed E-state index contributed by atoms with van der Waals surface area (Å²) in [7, 11) is 0. The van der Waals surface area contributed by atoms with E-state index in [0.29, 0.717) is 16.6 Å². The molecule has 6 N–H and O–H groups in total. The van der Waals surface area contributed by atoms with Crippen LogP contribution in [0.3, 0.4) is 0 Å². The predicted octanol–water partition coefficient (Wildman–Crippen LogP) is -0.227. The molecule has 0 spiro atoms. The van der Waals surface area contributed by atoms with E-state index in [0.717, 1.165) is 0 Å². The van der Waals surface area contributed by atoms with E-state index in [4.69, 9.17) is 22.2 Å². The minimum atomic E-state index is -1.21. The van der Waals surface area contributed by atoms with Gasteiger partial charge in [0.15, 0.2) is 12.0 Å². The van der Waals surface area contributed by atoms with Crippen molar-refractivity contribution in [2.24, 2.45) is 10.9 Å². The van der Waals surface area contributed by atoms with Crippen LogP contribution in [0.15, 0.2) is 17.6 Å². The highest BCUT2D eigenvalue weighted by atomic mass is 35.5. The second-order valence-electron chi connectivity index (χ2n) is 5.61. The first kappa shape index (κ1) is 16.9. The van der Waals surface area contributed by atoms with Crippen LogP contribution in [-0.2, 0) is 4.74 Å². The second kappa shape index (κ2) is 6.15. The number of aromatic nitrogens is 3. The van der Waals surface area contributed by atoms with Crippen molar-refractivity contribution in [3.8, 4) is 0 Å². The Morgan fingerprint density at radius 3 is 2.92 bits per heavy atom. The van der Waals surface area contributed by atoms with E-state index in [1.165, 1.54) is 12.5 Å². The lowest BCUT2D eigenvalue weighted by molar-refractivity contribution is -0.0439. The number of halogens is 1. The molecule has 2 aromatic heterocycles. The molecular formula is C13H17ClN6O4. The Balaban J connectivity index is 2.20. The number of fused-ring (bicyclic) bond motifs is 1. The van der Waals surface area contributed by atoms with Crippen molar-refractivity contribution >= 4 is 34.7 Å². The fourth-order valence-electron chi connectivity index (χ4n) is 2.92. The average molecular weight is 357 g/mol. The molecule has 1 aliphatic rings. The molecule has 0 aliphatic carbocycles. The van der Waals surface area contributed by atoms with Gasteiger partial charge in [0.25, 0.3) is 0 Å². The summed E-state index contributed by atoms with van der Waals surface area (Å²) in [5.41, 5.74) is 2.90. The molecule has 1 aliphatic heterocycles. The first-order valence-corrected chi connectivity index (χ1v) is 7.45. The van der Waals surface area contributed by atoms with Crippen LogP contribution in [0, 0.1) is 0 Å². The molecule has 2 unspecified atom stereocenters. The first-order chi connectivity index (χ1) is 11.5. The maximum atomic E-state index is 10.3. The molecule has 0 amide bonds. The molecule has 130 valence electrons. The highest BCUT2D eigenvalue weighted by Crippen LogP contribution is 2.44. The molecule has 0 aromatic carbocycles. The number of alkyl halides is 1. The number of nitrogens with one attached hydrogen (secondary N) is 1. The SMILES string of the molecule is C[C@@]1(Cl)C(O)C(CO)O[C@H]1n1cc(/C=N/N)c2c(NO)ncnc21. The number of aliphatic hydroxyl groups excluding tert-OH is 2. The predicted molar refractivity (Wildman–Crippen MR) is 86.0 cm³/mol. The third kappa shape index (κ3) is 2.39. The summed E-state index contributed by atoms with van der Waals surface area (Å²) in [6.07, 6.45) is 1.49. The highest BCUT2D eigenvalue weighted by molar-refractivity contribution is 6.24. The van der Waals surface area contributed by atoms with Crippen molar-refractivity contribution in [3.63, 3.8) is 0 Å². The molecule has 0 radical (unpaired) electrons. The monoisotopic (exact) mass is 356 g/mol. The molecule has 2 aromatic rings. The van der Waals surface area contributed by atoms with Crippen LogP contribution in [0.2, 0.25) is 0 Å². The molecule has 1 fully saturated rings. The topological polar surface area (TPSA) is 151 Å². The van der Waals surface area contributed by atoms with Gasteiger partial charge in [0, 0.05) is 11.8 Å². The van der Waals surface area contributed by atoms with Crippen LogP contribution >= 0.6 is 11.6 Å². The maximum absolute atomic E-state index is 10.3. The van der Waals surface area contributed by atoms with Gasteiger partial charge in [-0.1, -0.05) is 0 Å². The Bertz CT molecular complexity index is 779. The lowest BCUT2D eigenvalue weighted by Gasteiger charge is -2.26. The van der Waals surface area contributed by atoms with E-state index in [1.54, 1.807) is 17.7 Å². The van der Waals surface area contributed by atoms with Gasteiger partial charge in [-0.25, -0.2) is 9.97 Å². The third-order valence-electron chi connectivity index (χ3n) is 4.11. The van der Waals surface area contributed by atoms with Gasteiger partial charge >= 0.3 is 0 Å². The molecule has 3 rings (SSSR count). The van der Waals surface area contributed by atoms with E-state index in [1.807, 2.05) is 5.48 Å².